The second kappa shape index (κ2) is 8.70. The van der Waals surface area contributed by atoms with E-state index in [-0.39, 0.29) is 11.4 Å². The topological polar surface area (TPSA) is 121 Å². The Labute approximate surface area is 165 Å². The number of carbonyl (C=O) groups is 2. The van der Waals surface area contributed by atoms with Gasteiger partial charge in [0.25, 0.3) is 11.6 Å². The lowest BCUT2D eigenvalue weighted by atomic mass is 10.1. The van der Waals surface area contributed by atoms with Crippen LogP contribution in [0.5, 0.6) is 5.75 Å². The molecule has 1 aromatic heterocycles. The summed E-state index contributed by atoms with van der Waals surface area (Å²) in [5.74, 6) is -0.627. The molecule has 0 spiro atoms. The third-order valence-corrected chi connectivity index (χ3v) is 3.89. The Bertz CT molecular complexity index is 1040. The highest BCUT2D eigenvalue weighted by Crippen LogP contribution is 2.25. The molecule has 0 bridgehead atoms. The number of anilines is 1. The molecule has 3 rings (SSSR count). The molecule has 1 heterocycles. The molecule has 0 radical (unpaired) electrons. The van der Waals surface area contributed by atoms with Crippen LogP contribution in [0.15, 0.2) is 65.1 Å². The summed E-state index contributed by atoms with van der Waals surface area (Å²) in [7, 11) is 1.48. The molecule has 0 aliphatic heterocycles. The molecule has 29 heavy (non-hydrogen) atoms. The predicted molar refractivity (Wildman–Crippen MR) is 103 cm³/mol. The molecular weight excluding hydrogens is 380 g/mol. The first-order valence-electron chi connectivity index (χ1n) is 8.42. The maximum Gasteiger partial charge on any atom is 0.374 e. The summed E-state index contributed by atoms with van der Waals surface area (Å²) in [4.78, 5) is 34.3. The Balaban J connectivity index is 1.59. The highest BCUT2D eigenvalue weighted by Gasteiger charge is 2.16. The number of nitro benzene ring substituents is 1. The van der Waals surface area contributed by atoms with Crippen LogP contribution in [0.1, 0.15) is 10.6 Å². The van der Waals surface area contributed by atoms with Crippen molar-refractivity contribution < 1.29 is 28.4 Å². The monoisotopic (exact) mass is 396 g/mol. The van der Waals surface area contributed by atoms with Crippen LogP contribution in [-0.2, 0) is 9.53 Å². The third kappa shape index (κ3) is 4.78. The first kappa shape index (κ1) is 19.6. The molecular formula is C20H16N2O7. The zero-order valence-corrected chi connectivity index (χ0v) is 15.3. The van der Waals surface area contributed by atoms with E-state index in [1.54, 1.807) is 24.3 Å². The van der Waals surface area contributed by atoms with Gasteiger partial charge in [-0.25, -0.2) is 4.79 Å². The van der Waals surface area contributed by atoms with Gasteiger partial charge in [0.15, 0.2) is 6.61 Å². The van der Waals surface area contributed by atoms with Crippen molar-refractivity contribution in [2.24, 2.45) is 0 Å². The summed E-state index contributed by atoms with van der Waals surface area (Å²) in [6.07, 6.45) is 0. The largest absolute Gasteiger partial charge is 0.495 e. The van der Waals surface area contributed by atoms with Crippen molar-refractivity contribution in [1.29, 1.82) is 0 Å². The Kier molecular flexibility index (Phi) is 5.88. The van der Waals surface area contributed by atoms with Crippen molar-refractivity contribution in [2.75, 3.05) is 19.0 Å². The highest BCUT2D eigenvalue weighted by molar-refractivity contribution is 5.95. The fourth-order valence-electron chi connectivity index (χ4n) is 2.49. The van der Waals surface area contributed by atoms with Crippen LogP contribution in [0.4, 0.5) is 11.4 Å². The van der Waals surface area contributed by atoms with Crippen LogP contribution in [-0.4, -0.2) is 30.5 Å². The Morgan fingerprint density at radius 3 is 2.48 bits per heavy atom. The van der Waals surface area contributed by atoms with E-state index in [0.29, 0.717) is 22.8 Å². The number of furan rings is 1. The first-order valence-corrected chi connectivity index (χ1v) is 8.42. The molecule has 0 saturated heterocycles. The van der Waals surface area contributed by atoms with Crippen molar-refractivity contribution in [3.05, 3.63) is 76.5 Å². The van der Waals surface area contributed by atoms with E-state index in [0.717, 1.165) is 0 Å². The van der Waals surface area contributed by atoms with Crippen LogP contribution >= 0.6 is 0 Å². The number of ether oxygens (including phenoxy) is 2. The maximum absolute atomic E-state index is 12.1. The second-order valence-corrected chi connectivity index (χ2v) is 5.79. The van der Waals surface area contributed by atoms with Gasteiger partial charge in [-0.1, -0.05) is 12.1 Å². The van der Waals surface area contributed by atoms with Crippen molar-refractivity contribution >= 4 is 23.3 Å². The van der Waals surface area contributed by atoms with Crippen LogP contribution in [0.3, 0.4) is 0 Å². The van der Waals surface area contributed by atoms with Gasteiger partial charge in [-0.15, -0.1) is 0 Å². The van der Waals surface area contributed by atoms with Gasteiger partial charge in [-0.3, -0.25) is 14.9 Å². The molecule has 0 atom stereocenters. The molecule has 9 nitrogen and oxygen atoms in total. The highest BCUT2D eigenvalue weighted by atomic mass is 16.6. The molecule has 0 fully saturated rings. The minimum Gasteiger partial charge on any atom is -0.495 e. The zero-order chi connectivity index (χ0) is 20.8. The fraction of sp³-hybridized carbons (Fsp3) is 0.100. The minimum absolute atomic E-state index is 0.0546. The normalized spacial score (nSPS) is 10.2. The summed E-state index contributed by atoms with van der Waals surface area (Å²) in [6.45, 7) is -0.509. The number of carbonyl (C=O) groups excluding carboxylic acids is 2. The quantitative estimate of drug-likeness (QED) is 0.367. The number of non-ortho nitro benzene ring substituents is 1. The van der Waals surface area contributed by atoms with Crippen molar-refractivity contribution in [1.82, 2.24) is 0 Å². The summed E-state index contributed by atoms with van der Waals surface area (Å²) in [5, 5.41) is 13.3. The van der Waals surface area contributed by atoms with Gasteiger partial charge in [-0.05, 0) is 36.4 Å². The number of rotatable bonds is 7. The SMILES string of the molecule is COc1ccccc1NC(=O)COC(=O)c1ccc(-c2ccc([N+](=O)[O-])cc2)o1. The molecule has 148 valence electrons. The van der Waals surface area contributed by atoms with Gasteiger partial charge in [0.1, 0.15) is 11.5 Å². The van der Waals surface area contributed by atoms with E-state index in [4.69, 9.17) is 13.9 Å². The summed E-state index contributed by atoms with van der Waals surface area (Å²) >= 11 is 0. The van der Waals surface area contributed by atoms with Gasteiger partial charge < -0.3 is 19.2 Å². The average Bonchev–Trinajstić information content (AvgIpc) is 3.23. The molecule has 0 saturated carbocycles. The van der Waals surface area contributed by atoms with Gasteiger partial charge in [-0.2, -0.15) is 0 Å². The number of para-hydroxylation sites is 2. The molecule has 9 heteroatoms. The lowest BCUT2D eigenvalue weighted by Gasteiger charge is -2.09. The number of nitrogens with zero attached hydrogens (tertiary/aromatic N) is 1. The standard InChI is InChI=1S/C20H16N2O7/c1-27-17-5-3-2-4-15(17)21-19(23)12-28-20(24)18-11-10-16(29-18)13-6-8-14(9-7-13)22(25)26/h2-11H,12H2,1H3,(H,21,23). The van der Waals surface area contributed by atoms with Crippen LogP contribution in [0.25, 0.3) is 11.3 Å². The van der Waals surface area contributed by atoms with E-state index in [9.17, 15) is 19.7 Å². The molecule has 2 aromatic carbocycles. The Hall–Kier alpha value is -4.14. The number of benzene rings is 2. The summed E-state index contributed by atoms with van der Waals surface area (Å²) in [5.41, 5.74) is 0.957. The zero-order valence-electron chi connectivity index (χ0n) is 15.3. The number of nitro groups is 1. The van der Waals surface area contributed by atoms with Gasteiger partial charge in [0.05, 0.1) is 17.7 Å². The second-order valence-electron chi connectivity index (χ2n) is 5.79. The van der Waals surface area contributed by atoms with Crippen LogP contribution < -0.4 is 10.1 Å². The van der Waals surface area contributed by atoms with E-state index in [1.807, 2.05) is 0 Å². The number of nitrogens with one attached hydrogen (secondary N) is 1. The molecule has 1 amide bonds. The van der Waals surface area contributed by atoms with Gasteiger partial charge >= 0.3 is 5.97 Å². The van der Waals surface area contributed by atoms with Crippen LogP contribution in [0, 0.1) is 10.1 Å². The smallest absolute Gasteiger partial charge is 0.374 e. The average molecular weight is 396 g/mol. The molecule has 0 aliphatic carbocycles. The van der Waals surface area contributed by atoms with Crippen molar-refractivity contribution in [2.45, 2.75) is 0 Å². The minimum atomic E-state index is -0.812. The van der Waals surface area contributed by atoms with Crippen molar-refractivity contribution in [3.8, 4) is 17.1 Å². The molecule has 3 aromatic rings. The maximum atomic E-state index is 12.1. The van der Waals surface area contributed by atoms with E-state index < -0.39 is 23.4 Å². The van der Waals surface area contributed by atoms with E-state index >= 15 is 0 Å². The van der Waals surface area contributed by atoms with E-state index in [1.165, 1.54) is 43.5 Å². The van der Waals surface area contributed by atoms with Crippen LogP contribution in [0.2, 0.25) is 0 Å². The lowest BCUT2D eigenvalue weighted by Crippen LogP contribution is -2.21. The number of amides is 1. The number of hydrogen-bond donors (Lipinski definition) is 1. The fourth-order valence-corrected chi connectivity index (χ4v) is 2.49. The predicted octanol–water partition coefficient (Wildman–Crippen LogP) is 3.66. The molecule has 1 N–H and O–H groups in total. The molecule has 0 unspecified atom stereocenters. The van der Waals surface area contributed by atoms with Gasteiger partial charge in [0.2, 0.25) is 5.76 Å². The first-order chi connectivity index (χ1) is 14.0. The Morgan fingerprint density at radius 2 is 1.79 bits per heavy atom. The van der Waals surface area contributed by atoms with E-state index in [2.05, 4.69) is 5.32 Å². The number of esters is 1. The number of hydrogen-bond acceptors (Lipinski definition) is 7. The number of methoxy groups -OCH3 is 1. The Morgan fingerprint density at radius 1 is 1.07 bits per heavy atom. The molecule has 0 aliphatic rings. The lowest BCUT2D eigenvalue weighted by molar-refractivity contribution is -0.384. The summed E-state index contributed by atoms with van der Waals surface area (Å²) < 4.78 is 15.5. The third-order valence-electron chi connectivity index (χ3n) is 3.89. The summed E-state index contributed by atoms with van der Waals surface area (Å²) in [6, 6.07) is 15.4. The van der Waals surface area contributed by atoms with Gasteiger partial charge in [0, 0.05) is 17.7 Å². The van der Waals surface area contributed by atoms with Crippen molar-refractivity contribution in [3.63, 3.8) is 0 Å².